The third-order valence-corrected chi connectivity index (χ3v) is 3.67. The van der Waals surface area contributed by atoms with Gasteiger partial charge in [-0.3, -0.25) is 0 Å². The van der Waals surface area contributed by atoms with E-state index in [9.17, 15) is 0 Å². The monoisotopic (exact) mass is 293 g/mol. The van der Waals surface area contributed by atoms with Crippen LogP contribution in [0.1, 0.15) is 33.9 Å². The van der Waals surface area contributed by atoms with Crippen molar-refractivity contribution < 1.29 is 4.42 Å². The SMILES string of the molecule is Cc1cc(C)c(C(N)c2ccoc2Br)c(C)c1. The van der Waals surface area contributed by atoms with Crippen LogP contribution in [0.2, 0.25) is 0 Å². The molecule has 1 aromatic carbocycles. The second kappa shape index (κ2) is 4.67. The second-order valence-corrected chi connectivity index (χ2v) is 5.16. The first kappa shape index (κ1) is 12.4. The molecule has 1 unspecified atom stereocenters. The number of furan rings is 1. The lowest BCUT2D eigenvalue weighted by molar-refractivity contribution is 0.534. The van der Waals surface area contributed by atoms with Gasteiger partial charge < -0.3 is 10.2 Å². The normalized spacial score (nSPS) is 12.8. The maximum absolute atomic E-state index is 6.32. The molecule has 0 bridgehead atoms. The van der Waals surface area contributed by atoms with Gasteiger partial charge in [0, 0.05) is 5.56 Å². The van der Waals surface area contributed by atoms with Crippen LogP contribution in [0.3, 0.4) is 0 Å². The highest BCUT2D eigenvalue weighted by molar-refractivity contribution is 9.10. The molecule has 2 aromatic rings. The van der Waals surface area contributed by atoms with E-state index in [1.165, 1.54) is 22.3 Å². The third kappa shape index (κ3) is 2.31. The van der Waals surface area contributed by atoms with Gasteiger partial charge in [0.05, 0.1) is 12.3 Å². The maximum Gasteiger partial charge on any atom is 0.174 e. The first-order chi connectivity index (χ1) is 8.00. The van der Waals surface area contributed by atoms with Gasteiger partial charge in [0.15, 0.2) is 4.67 Å². The zero-order valence-electron chi connectivity index (χ0n) is 10.3. The Kier molecular flexibility index (Phi) is 3.40. The van der Waals surface area contributed by atoms with Crippen molar-refractivity contribution in [3.63, 3.8) is 0 Å². The van der Waals surface area contributed by atoms with Crippen molar-refractivity contribution in [1.29, 1.82) is 0 Å². The Bertz CT molecular complexity index is 522. The van der Waals surface area contributed by atoms with Gasteiger partial charge >= 0.3 is 0 Å². The van der Waals surface area contributed by atoms with E-state index in [0.29, 0.717) is 4.67 Å². The van der Waals surface area contributed by atoms with Crippen LogP contribution in [-0.2, 0) is 0 Å². The summed E-state index contributed by atoms with van der Waals surface area (Å²) in [6, 6.07) is 6.09. The molecule has 2 rings (SSSR count). The molecule has 1 atom stereocenters. The van der Waals surface area contributed by atoms with Gasteiger partial charge in [-0.1, -0.05) is 17.7 Å². The summed E-state index contributed by atoms with van der Waals surface area (Å²) in [7, 11) is 0. The van der Waals surface area contributed by atoms with Crippen LogP contribution in [0.5, 0.6) is 0 Å². The quantitative estimate of drug-likeness (QED) is 0.908. The molecule has 0 radical (unpaired) electrons. The Morgan fingerprint density at radius 2 is 1.76 bits per heavy atom. The van der Waals surface area contributed by atoms with Crippen molar-refractivity contribution in [3.8, 4) is 0 Å². The Balaban J connectivity index is 2.51. The van der Waals surface area contributed by atoms with Crippen molar-refractivity contribution in [2.75, 3.05) is 0 Å². The summed E-state index contributed by atoms with van der Waals surface area (Å²) in [5, 5.41) is 0. The highest BCUT2D eigenvalue weighted by Crippen LogP contribution is 2.31. The topological polar surface area (TPSA) is 39.2 Å². The third-order valence-electron chi connectivity index (χ3n) is 3.03. The van der Waals surface area contributed by atoms with E-state index in [2.05, 4.69) is 48.8 Å². The van der Waals surface area contributed by atoms with Gasteiger partial charge in [0.1, 0.15) is 0 Å². The average molecular weight is 294 g/mol. The van der Waals surface area contributed by atoms with Crippen LogP contribution in [0.4, 0.5) is 0 Å². The number of hydrogen-bond acceptors (Lipinski definition) is 2. The van der Waals surface area contributed by atoms with Gasteiger partial charge in [-0.25, -0.2) is 0 Å². The fraction of sp³-hybridized carbons (Fsp3) is 0.286. The van der Waals surface area contributed by atoms with Crippen molar-refractivity contribution in [2.24, 2.45) is 5.73 Å². The smallest absolute Gasteiger partial charge is 0.174 e. The fourth-order valence-electron chi connectivity index (χ4n) is 2.36. The van der Waals surface area contributed by atoms with E-state index in [1.807, 2.05) is 6.07 Å². The molecule has 0 aliphatic carbocycles. The minimum Gasteiger partial charge on any atom is -0.457 e. The fourth-order valence-corrected chi connectivity index (χ4v) is 2.85. The predicted octanol–water partition coefficient (Wildman–Crippen LogP) is 4.02. The van der Waals surface area contributed by atoms with E-state index >= 15 is 0 Å². The van der Waals surface area contributed by atoms with Crippen LogP contribution in [0.15, 0.2) is 33.5 Å². The molecule has 0 fully saturated rings. The van der Waals surface area contributed by atoms with Gasteiger partial charge in [-0.15, -0.1) is 0 Å². The summed E-state index contributed by atoms with van der Waals surface area (Å²) < 4.78 is 5.96. The molecule has 0 aliphatic rings. The summed E-state index contributed by atoms with van der Waals surface area (Å²) in [4.78, 5) is 0. The molecule has 1 aromatic heterocycles. The predicted molar refractivity (Wildman–Crippen MR) is 73.1 cm³/mol. The summed E-state index contributed by atoms with van der Waals surface area (Å²) in [5.74, 6) is 0. The van der Waals surface area contributed by atoms with E-state index in [1.54, 1.807) is 6.26 Å². The minimum absolute atomic E-state index is 0.149. The first-order valence-electron chi connectivity index (χ1n) is 5.57. The Morgan fingerprint density at radius 3 is 2.24 bits per heavy atom. The van der Waals surface area contributed by atoms with Crippen molar-refractivity contribution in [1.82, 2.24) is 0 Å². The van der Waals surface area contributed by atoms with Crippen LogP contribution in [-0.4, -0.2) is 0 Å². The van der Waals surface area contributed by atoms with E-state index in [4.69, 9.17) is 10.2 Å². The molecule has 3 heteroatoms. The Morgan fingerprint density at radius 1 is 1.18 bits per heavy atom. The molecule has 0 aliphatic heterocycles. The number of halogens is 1. The van der Waals surface area contributed by atoms with Crippen LogP contribution < -0.4 is 5.73 Å². The molecule has 2 nitrogen and oxygen atoms in total. The van der Waals surface area contributed by atoms with Crippen molar-refractivity contribution >= 4 is 15.9 Å². The summed E-state index contributed by atoms with van der Waals surface area (Å²) in [5.41, 5.74) is 12.2. The molecule has 1 heterocycles. The standard InChI is InChI=1S/C14H16BrNO/c1-8-6-9(2)12(10(3)7-8)13(16)11-4-5-17-14(11)15/h4-7,13H,16H2,1-3H3. The molecular formula is C14H16BrNO. The molecule has 90 valence electrons. The summed E-state index contributed by atoms with van der Waals surface area (Å²) >= 11 is 3.38. The largest absolute Gasteiger partial charge is 0.457 e. The molecule has 2 N–H and O–H groups in total. The zero-order valence-corrected chi connectivity index (χ0v) is 11.8. The molecule has 0 saturated heterocycles. The van der Waals surface area contributed by atoms with Gasteiger partial charge in [-0.05, 0) is 59.5 Å². The molecule has 0 spiro atoms. The maximum atomic E-state index is 6.32. The first-order valence-corrected chi connectivity index (χ1v) is 6.36. The van der Waals surface area contributed by atoms with Crippen molar-refractivity contribution in [2.45, 2.75) is 26.8 Å². The average Bonchev–Trinajstić information content (AvgIpc) is 2.62. The number of hydrogen-bond donors (Lipinski definition) is 1. The summed E-state index contributed by atoms with van der Waals surface area (Å²) in [6.07, 6.45) is 1.65. The van der Waals surface area contributed by atoms with Crippen molar-refractivity contribution in [3.05, 3.63) is 56.9 Å². The van der Waals surface area contributed by atoms with Gasteiger partial charge in [0.2, 0.25) is 0 Å². The lowest BCUT2D eigenvalue weighted by atomic mass is 9.92. The highest BCUT2D eigenvalue weighted by atomic mass is 79.9. The number of benzene rings is 1. The number of aryl methyl sites for hydroxylation is 3. The molecule has 17 heavy (non-hydrogen) atoms. The lowest BCUT2D eigenvalue weighted by Gasteiger charge is -2.17. The van der Waals surface area contributed by atoms with Crippen LogP contribution in [0, 0.1) is 20.8 Å². The van der Waals surface area contributed by atoms with Gasteiger partial charge in [0.25, 0.3) is 0 Å². The Hall–Kier alpha value is -1.06. The lowest BCUT2D eigenvalue weighted by Crippen LogP contribution is -2.14. The van der Waals surface area contributed by atoms with Gasteiger partial charge in [-0.2, -0.15) is 0 Å². The Labute approximate surface area is 110 Å². The highest BCUT2D eigenvalue weighted by Gasteiger charge is 2.18. The van der Waals surface area contributed by atoms with E-state index in [0.717, 1.165) is 5.56 Å². The minimum atomic E-state index is -0.149. The molecule has 0 amide bonds. The summed E-state index contributed by atoms with van der Waals surface area (Å²) in [6.45, 7) is 6.30. The number of rotatable bonds is 2. The van der Waals surface area contributed by atoms with Crippen LogP contribution >= 0.6 is 15.9 Å². The second-order valence-electron chi connectivity index (χ2n) is 4.44. The zero-order chi connectivity index (χ0) is 12.6. The molecular weight excluding hydrogens is 278 g/mol. The van der Waals surface area contributed by atoms with E-state index in [-0.39, 0.29) is 6.04 Å². The van der Waals surface area contributed by atoms with E-state index < -0.39 is 0 Å². The number of nitrogens with two attached hydrogens (primary N) is 1. The van der Waals surface area contributed by atoms with Crippen LogP contribution in [0.25, 0.3) is 0 Å². The molecule has 0 saturated carbocycles.